The minimum atomic E-state index is 0.129. The van der Waals surface area contributed by atoms with Crippen LogP contribution >= 0.6 is 11.6 Å². The summed E-state index contributed by atoms with van der Waals surface area (Å²) in [7, 11) is 1.82. The Morgan fingerprint density at radius 2 is 2.03 bits per heavy atom. The first-order chi connectivity index (χ1) is 16.0. The number of pyridine rings is 1. The number of nitrogens with one attached hydrogen (secondary N) is 4. The van der Waals surface area contributed by atoms with Gasteiger partial charge in [-0.05, 0) is 55.5 Å². The Morgan fingerprint density at radius 3 is 2.73 bits per heavy atom. The second-order valence-corrected chi connectivity index (χ2v) is 7.89. The summed E-state index contributed by atoms with van der Waals surface area (Å²) >= 11 is 6.41. The predicted molar refractivity (Wildman–Crippen MR) is 133 cm³/mol. The molecule has 0 fully saturated rings. The number of halogens is 1. The molecule has 2 heterocycles. The molecule has 33 heavy (non-hydrogen) atoms. The molecule has 4 rings (SSSR count). The van der Waals surface area contributed by atoms with Gasteiger partial charge in [-0.2, -0.15) is 0 Å². The molecule has 0 saturated carbocycles. The van der Waals surface area contributed by atoms with Gasteiger partial charge < -0.3 is 25.4 Å². The van der Waals surface area contributed by atoms with Crippen LogP contribution in [-0.4, -0.2) is 36.5 Å². The van der Waals surface area contributed by atoms with Gasteiger partial charge in [0.25, 0.3) is 6.02 Å². The number of aliphatic imine (C=N–C) groups is 1. The first-order valence-electron chi connectivity index (χ1n) is 10.5. The summed E-state index contributed by atoms with van der Waals surface area (Å²) in [6.07, 6.45) is 1.72. The summed E-state index contributed by atoms with van der Waals surface area (Å²) in [4.78, 5) is 8.63. The normalized spacial score (nSPS) is 14.8. The second-order valence-electron chi connectivity index (χ2n) is 7.48. The van der Waals surface area contributed by atoms with Gasteiger partial charge in [-0.25, -0.2) is 4.99 Å². The van der Waals surface area contributed by atoms with Gasteiger partial charge in [-0.15, -0.1) is 0 Å². The van der Waals surface area contributed by atoms with E-state index in [1.165, 1.54) is 0 Å². The van der Waals surface area contributed by atoms with E-state index in [9.17, 15) is 0 Å². The van der Waals surface area contributed by atoms with Crippen LogP contribution in [0.15, 0.2) is 65.8 Å². The zero-order chi connectivity index (χ0) is 23.2. The standard InChI is InChI=1S/C24H25ClN6O2/c1-15-13-33-24(29-15)31-16-6-8-21(27-2)19(11-16)23(26)30-17-7-9-22(20(25)12-17)32-14-18-5-3-4-10-28-18/h3-12,15,27H,13-14H2,1-2H3,(H2,26,30)(H,29,31). The zero-order valence-electron chi connectivity index (χ0n) is 18.4. The fraction of sp³-hybridized carbons (Fsp3) is 0.208. The van der Waals surface area contributed by atoms with Gasteiger partial charge in [-0.3, -0.25) is 10.4 Å². The third kappa shape index (κ3) is 5.72. The molecule has 8 nitrogen and oxygen atoms in total. The molecule has 1 aliphatic heterocycles. The third-order valence-electron chi connectivity index (χ3n) is 4.91. The molecule has 170 valence electrons. The van der Waals surface area contributed by atoms with Crippen molar-refractivity contribution >= 4 is 40.5 Å². The molecule has 0 spiro atoms. The Morgan fingerprint density at radius 1 is 1.18 bits per heavy atom. The van der Waals surface area contributed by atoms with Crippen molar-refractivity contribution in [1.29, 1.82) is 5.41 Å². The molecule has 0 bridgehead atoms. The summed E-state index contributed by atoms with van der Waals surface area (Å²) in [6, 6.07) is 17.2. The molecule has 0 amide bonds. The van der Waals surface area contributed by atoms with Crippen molar-refractivity contribution in [3.05, 3.63) is 77.1 Å². The maximum absolute atomic E-state index is 8.62. The molecule has 1 aromatic heterocycles. The number of amidine groups is 2. The Hall–Kier alpha value is -3.78. The van der Waals surface area contributed by atoms with E-state index in [1.54, 1.807) is 18.3 Å². The number of aromatic nitrogens is 1. The number of anilines is 3. The summed E-state index contributed by atoms with van der Waals surface area (Å²) in [5, 5.41) is 18.4. The van der Waals surface area contributed by atoms with E-state index in [1.807, 2.05) is 56.4 Å². The van der Waals surface area contributed by atoms with Crippen molar-refractivity contribution in [2.24, 2.45) is 4.99 Å². The zero-order valence-corrected chi connectivity index (χ0v) is 19.1. The van der Waals surface area contributed by atoms with Crippen molar-refractivity contribution in [2.75, 3.05) is 29.6 Å². The van der Waals surface area contributed by atoms with E-state index in [-0.39, 0.29) is 11.9 Å². The number of rotatable bonds is 7. The van der Waals surface area contributed by atoms with Crippen molar-refractivity contribution in [1.82, 2.24) is 4.98 Å². The molecule has 1 unspecified atom stereocenters. The second kappa shape index (κ2) is 10.2. The minimum Gasteiger partial charge on any atom is -0.486 e. The molecule has 1 aliphatic rings. The lowest BCUT2D eigenvalue weighted by Gasteiger charge is -2.15. The molecule has 2 aromatic carbocycles. The van der Waals surface area contributed by atoms with Crippen LogP contribution in [-0.2, 0) is 11.3 Å². The van der Waals surface area contributed by atoms with Crippen LogP contribution < -0.4 is 20.7 Å². The average Bonchev–Trinajstić information content (AvgIpc) is 3.23. The molecule has 1 atom stereocenters. The summed E-state index contributed by atoms with van der Waals surface area (Å²) < 4.78 is 11.3. The van der Waals surface area contributed by atoms with E-state index < -0.39 is 0 Å². The average molecular weight is 465 g/mol. The number of ether oxygens (including phenoxy) is 2. The van der Waals surface area contributed by atoms with E-state index in [0.29, 0.717) is 41.3 Å². The number of benzene rings is 2. The van der Waals surface area contributed by atoms with Gasteiger partial charge in [0.2, 0.25) is 0 Å². The molecule has 3 aromatic rings. The largest absolute Gasteiger partial charge is 0.486 e. The Bertz CT molecular complexity index is 1170. The molecule has 9 heteroatoms. The molecule has 0 aliphatic carbocycles. The van der Waals surface area contributed by atoms with Crippen molar-refractivity contribution in [2.45, 2.75) is 19.6 Å². The van der Waals surface area contributed by atoms with Crippen LogP contribution in [0.1, 0.15) is 18.2 Å². The van der Waals surface area contributed by atoms with Crippen molar-refractivity contribution < 1.29 is 9.47 Å². The van der Waals surface area contributed by atoms with Crippen LogP contribution in [0.3, 0.4) is 0 Å². The van der Waals surface area contributed by atoms with E-state index >= 15 is 0 Å². The smallest absolute Gasteiger partial charge is 0.289 e. The molecule has 0 radical (unpaired) electrons. The van der Waals surface area contributed by atoms with E-state index in [0.717, 1.165) is 17.1 Å². The highest BCUT2D eigenvalue weighted by molar-refractivity contribution is 6.32. The van der Waals surface area contributed by atoms with Gasteiger partial charge in [-0.1, -0.05) is 17.7 Å². The highest BCUT2D eigenvalue weighted by atomic mass is 35.5. The molecular weight excluding hydrogens is 440 g/mol. The SMILES string of the molecule is CNc1ccc(NC2=NC(C)CO2)cc1C(=N)Nc1ccc(OCc2ccccn2)c(Cl)c1. The lowest BCUT2D eigenvalue weighted by atomic mass is 10.1. The van der Waals surface area contributed by atoms with Crippen molar-refractivity contribution in [3.8, 4) is 5.75 Å². The number of hydrogen-bond donors (Lipinski definition) is 4. The highest BCUT2D eigenvalue weighted by Crippen LogP contribution is 2.29. The topological polar surface area (TPSA) is 104 Å². The van der Waals surface area contributed by atoms with Crippen LogP contribution in [0.25, 0.3) is 0 Å². The lowest BCUT2D eigenvalue weighted by molar-refractivity contribution is 0.301. The van der Waals surface area contributed by atoms with E-state index in [2.05, 4.69) is 25.9 Å². The highest BCUT2D eigenvalue weighted by Gasteiger charge is 2.16. The van der Waals surface area contributed by atoms with Gasteiger partial charge in [0.15, 0.2) is 0 Å². The van der Waals surface area contributed by atoms with E-state index in [4.69, 9.17) is 26.5 Å². The lowest BCUT2D eigenvalue weighted by Crippen LogP contribution is -2.16. The fourth-order valence-electron chi connectivity index (χ4n) is 3.26. The van der Waals surface area contributed by atoms with Crippen LogP contribution in [0.5, 0.6) is 5.75 Å². The summed E-state index contributed by atoms with van der Waals surface area (Å²) in [6.45, 7) is 2.87. The third-order valence-corrected chi connectivity index (χ3v) is 5.21. The maximum atomic E-state index is 8.62. The van der Waals surface area contributed by atoms with Crippen molar-refractivity contribution in [3.63, 3.8) is 0 Å². The predicted octanol–water partition coefficient (Wildman–Crippen LogP) is 4.98. The van der Waals surface area contributed by atoms with Crippen LogP contribution in [0.2, 0.25) is 5.02 Å². The van der Waals surface area contributed by atoms with Gasteiger partial charge >= 0.3 is 0 Å². The summed E-state index contributed by atoms with van der Waals surface area (Å²) in [5.41, 5.74) is 3.75. The quantitative estimate of drug-likeness (QED) is 0.290. The Kier molecular flexibility index (Phi) is 6.95. The van der Waals surface area contributed by atoms with Crippen LogP contribution in [0.4, 0.5) is 17.1 Å². The number of hydrogen-bond acceptors (Lipinski definition) is 7. The Balaban J connectivity index is 1.45. The number of nitrogens with zero attached hydrogens (tertiary/aromatic N) is 2. The minimum absolute atomic E-state index is 0.129. The first-order valence-corrected chi connectivity index (χ1v) is 10.9. The van der Waals surface area contributed by atoms with Gasteiger partial charge in [0.05, 0.1) is 16.8 Å². The van der Waals surface area contributed by atoms with Gasteiger partial charge in [0, 0.05) is 35.9 Å². The van der Waals surface area contributed by atoms with Crippen LogP contribution in [0, 0.1) is 5.41 Å². The summed E-state index contributed by atoms with van der Waals surface area (Å²) in [5.74, 6) is 0.761. The molecule has 0 saturated heterocycles. The first kappa shape index (κ1) is 22.4. The Labute approximate surface area is 197 Å². The molecule has 4 N–H and O–H groups in total. The fourth-order valence-corrected chi connectivity index (χ4v) is 3.49. The molecular formula is C24H25ClN6O2. The monoisotopic (exact) mass is 464 g/mol. The van der Waals surface area contributed by atoms with Gasteiger partial charge in [0.1, 0.15) is 24.8 Å². The maximum Gasteiger partial charge on any atom is 0.289 e.